The summed E-state index contributed by atoms with van der Waals surface area (Å²) >= 11 is 0. The van der Waals surface area contributed by atoms with E-state index in [2.05, 4.69) is 16.5 Å². The van der Waals surface area contributed by atoms with Crippen LogP contribution in [0.15, 0.2) is 31.1 Å². The number of allylic oxidation sites excluding steroid dienone is 3. The minimum absolute atomic E-state index is 0.425. The molecule has 0 aliphatic carbocycles. The highest BCUT2D eigenvalue weighted by Gasteiger charge is 1.97. The molecule has 0 saturated heterocycles. The fraction of sp³-hybridized carbons (Fsp3) is 0.111. The molecule has 2 N–H and O–H groups in total. The maximum absolute atomic E-state index is 5.47. The van der Waals surface area contributed by atoms with E-state index in [1.165, 1.54) is 6.20 Å². The Bertz CT molecular complexity index is 315. The van der Waals surface area contributed by atoms with Crippen molar-refractivity contribution >= 4 is 11.4 Å². The summed E-state index contributed by atoms with van der Waals surface area (Å²) in [5, 5.41) is 0. The van der Waals surface area contributed by atoms with Gasteiger partial charge in [0.05, 0.1) is 18.1 Å². The summed E-state index contributed by atoms with van der Waals surface area (Å²) in [6, 6.07) is 0. The van der Waals surface area contributed by atoms with Crippen molar-refractivity contribution in [1.82, 2.24) is 9.97 Å². The molecule has 0 unspecified atom stereocenters. The lowest BCUT2D eigenvalue weighted by Gasteiger charge is -1.99. The number of aromatic nitrogens is 2. The number of rotatable bonds is 2. The van der Waals surface area contributed by atoms with E-state index in [0.717, 1.165) is 11.3 Å². The van der Waals surface area contributed by atoms with Gasteiger partial charge in [-0.3, -0.25) is 4.98 Å². The maximum Gasteiger partial charge on any atom is 0.142 e. The Balaban J connectivity index is 3.10. The van der Waals surface area contributed by atoms with Gasteiger partial charge >= 0.3 is 0 Å². The smallest absolute Gasteiger partial charge is 0.142 e. The predicted octanol–water partition coefficient (Wildman–Crippen LogP) is 1.65. The van der Waals surface area contributed by atoms with Gasteiger partial charge in [-0.1, -0.05) is 18.7 Å². The Labute approximate surface area is 71.7 Å². The van der Waals surface area contributed by atoms with Gasteiger partial charge in [-0.2, -0.15) is 0 Å². The van der Waals surface area contributed by atoms with Crippen LogP contribution < -0.4 is 5.73 Å². The molecule has 1 aromatic heterocycles. The lowest BCUT2D eigenvalue weighted by Crippen LogP contribution is -1.95. The quantitative estimate of drug-likeness (QED) is 0.671. The van der Waals surface area contributed by atoms with Crippen LogP contribution in [0.1, 0.15) is 12.6 Å². The minimum Gasteiger partial charge on any atom is -0.382 e. The Morgan fingerprint density at radius 1 is 1.58 bits per heavy atom. The van der Waals surface area contributed by atoms with Gasteiger partial charge in [0, 0.05) is 0 Å². The lowest BCUT2D eigenvalue weighted by molar-refractivity contribution is 1.18. The Morgan fingerprint density at radius 2 is 2.33 bits per heavy atom. The molecule has 0 saturated carbocycles. The molecule has 0 atom stereocenters. The molecule has 62 valence electrons. The molecule has 1 heterocycles. The molecular weight excluding hydrogens is 150 g/mol. The first-order valence-electron chi connectivity index (χ1n) is 3.64. The minimum atomic E-state index is 0.425. The van der Waals surface area contributed by atoms with Crippen molar-refractivity contribution in [2.24, 2.45) is 0 Å². The van der Waals surface area contributed by atoms with Crippen LogP contribution >= 0.6 is 0 Å². The number of hydrogen-bond acceptors (Lipinski definition) is 3. The summed E-state index contributed by atoms with van der Waals surface area (Å²) in [4.78, 5) is 8.02. The normalized spacial score (nSPS) is 11.2. The van der Waals surface area contributed by atoms with Crippen LogP contribution in [-0.4, -0.2) is 9.97 Å². The van der Waals surface area contributed by atoms with Crippen molar-refractivity contribution in [3.05, 3.63) is 36.8 Å². The number of anilines is 1. The first-order chi connectivity index (χ1) is 5.77. The summed E-state index contributed by atoms with van der Waals surface area (Å²) in [6.07, 6.45) is 6.81. The molecule has 0 aliphatic heterocycles. The Kier molecular flexibility index (Phi) is 2.58. The number of hydrogen-bond donors (Lipinski definition) is 1. The largest absolute Gasteiger partial charge is 0.382 e. The first-order valence-corrected chi connectivity index (χ1v) is 3.64. The van der Waals surface area contributed by atoms with Crippen LogP contribution in [-0.2, 0) is 0 Å². The van der Waals surface area contributed by atoms with Crippen molar-refractivity contribution in [1.29, 1.82) is 0 Å². The molecule has 3 nitrogen and oxygen atoms in total. The summed E-state index contributed by atoms with van der Waals surface area (Å²) in [7, 11) is 0. The molecule has 12 heavy (non-hydrogen) atoms. The SMILES string of the molecule is C=C/C(=C\C)c1cncc(N)n1. The Hall–Kier alpha value is -1.64. The van der Waals surface area contributed by atoms with Gasteiger partial charge in [0.25, 0.3) is 0 Å². The van der Waals surface area contributed by atoms with E-state index in [1.54, 1.807) is 12.3 Å². The van der Waals surface area contributed by atoms with Crippen molar-refractivity contribution in [2.75, 3.05) is 5.73 Å². The van der Waals surface area contributed by atoms with E-state index < -0.39 is 0 Å². The average Bonchev–Trinajstić information content (AvgIpc) is 2.07. The fourth-order valence-corrected chi connectivity index (χ4v) is 0.890. The van der Waals surface area contributed by atoms with Gasteiger partial charge in [-0.25, -0.2) is 4.98 Å². The third-order valence-corrected chi connectivity index (χ3v) is 1.48. The van der Waals surface area contributed by atoms with Gasteiger partial charge in [0.1, 0.15) is 5.82 Å². The highest BCUT2D eigenvalue weighted by Crippen LogP contribution is 2.11. The van der Waals surface area contributed by atoms with Crippen LogP contribution in [0.25, 0.3) is 5.57 Å². The van der Waals surface area contributed by atoms with Crippen molar-refractivity contribution in [2.45, 2.75) is 6.92 Å². The predicted molar refractivity (Wildman–Crippen MR) is 50.3 cm³/mol. The van der Waals surface area contributed by atoms with Gasteiger partial charge in [0.2, 0.25) is 0 Å². The van der Waals surface area contributed by atoms with Crippen LogP contribution in [0.2, 0.25) is 0 Å². The van der Waals surface area contributed by atoms with Crippen LogP contribution in [0.3, 0.4) is 0 Å². The van der Waals surface area contributed by atoms with E-state index in [-0.39, 0.29) is 0 Å². The van der Waals surface area contributed by atoms with Gasteiger partial charge in [-0.15, -0.1) is 0 Å². The molecule has 0 spiro atoms. The highest BCUT2D eigenvalue weighted by molar-refractivity contribution is 5.70. The van der Waals surface area contributed by atoms with Gasteiger partial charge < -0.3 is 5.73 Å². The zero-order valence-corrected chi connectivity index (χ0v) is 6.99. The van der Waals surface area contributed by atoms with Crippen molar-refractivity contribution < 1.29 is 0 Å². The summed E-state index contributed by atoms with van der Waals surface area (Å²) in [5.41, 5.74) is 7.17. The number of nitrogens with zero attached hydrogens (tertiary/aromatic N) is 2. The lowest BCUT2D eigenvalue weighted by atomic mass is 10.2. The first kappa shape index (κ1) is 8.46. The van der Waals surface area contributed by atoms with Crippen LogP contribution in [0.5, 0.6) is 0 Å². The molecule has 0 bridgehead atoms. The summed E-state index contributed by atoms with van der Waals surface area (Å²) < 4.78 is 0. The second-order valence-corrected chi connectivity index (χ2v) is 2.28. The molecular formula is C9H11N3. The van der Waals surface area contributed by atoms with E-state index in [9.17, 15) is 0 Å². The number of nitrogen functional groups attached to an aromatic ring is 1. The molecule has 0 aliphatic rings. The molecule has 3 heteroatoms. The maximum atomic E-state index is 5.47. The van der Waals surface area contributed by atoms with Crippen molar-refractivity contribution in [3.8, 4) is 0 Å². The summed E-state index contributed by atoms with van der Waals surface area (Å²) in [6.45, 7) is 5.58. The topological polar surface area (TPSA) is 51.8 Å². The van der Waals surface area contributed by atoms with Crippen molar-refractivity contribution in [3.63, 3.8) is 0 Å². The van der Waals surface area contributed by atoms with Crippen LogP contribution in [0.4, 0.5) is 5.82 Å². The molecule has 1 rings (SSSR count). The second-order valence-electron chi connectivity index (χ2n) is 2.28. The zero-order chi connectivity index (χ0) is 8.97. The van der Waals surface area contributed by atoms with E-state index >= 15 is 0 Å². The molecule has 1 aromatic rings. The standard InChI is InChI=1S/C9H11N3/c1-3-7(4-2)8-5-11-6-9(10)12-8/h3-6H,1H2,2H3,(H2,10,12)/b7-4+. The average molecular weight is 161 g/mol. The molecule has 0 fully saturated rings. The third-order valence-electron chi connectivity index (χ3n) is 1.48. The second kappa shape index (κ2) is 3.67. The van der Waals surface area contributed by atoms with Crippen LogP contribution in [0, 0.1) is 0 Å². The molecule has 0 radical (unpaired) electrons. The molecule has 0 aromatic carbocycles. The summed E-state index contributed by atoms with van der Waals surface area (Å²) in [5.74, 6) is 0.425. The highest BCUT2D eigenvalue weighted by atomic mass is 14.9. The zero-order valence-electron chi connectivity index (χ0n) is 6.99. The number of nitrogens with two attached hydrogens (primary N) is 1. The fourth-order valence-electron chi connectivity index (χ4n) is 0.890. The van der Waals surface area contributed by atoms with E-state index in [0.29, 0.717) is 5.82 Å². The van der Waals surface area contributed by atoms with Gasteiger partial charge in [-0.05, 0) is 12.5 Å². The van der Waals surface area contributed by atoms with E-state index in [1.807, 2.05) is 13.0 Å². The Morgan fingerprint density at radius 3 is 2.83 bits per heavy atom. The third kappa shape index (κ3) is 1.69. The van der Waals surface area contributed by atoms with E-state index in [4.69, 9.17) is 5.73 Å². The monoisotopic (exact) mass is 161 g/mol. The van der Waals surface area contributed by atoms with Gasteiger partial charge in [0.15, 0.2) is 0 Å². The molecule has 0 amide bonds.